The average Bonchev–Trinajstić information content (AvgIpc) is 3.32. The van der Waals surface area contributed by atoms with Gasteiger partial charge < -0.3 is 19.1 Å². The molecule has 0 bridgehead atoms. The number of carboxylic acids is 1. The number of benzene rings is 3. The van der Waals surface area contributed by atoms with E-state index in [9.17, 15) is 18.7 Å². The lowest BCUT2D eigenvalue weighted by molar-refractivity contribution is -0.0592. The van der Waals surface area contributed by atoms with Gasteiger partial charge in [0.1, 0.15) is 24.1 Å². The second-order valence-corrected chi connectivity index (χ2v) is 10.7. The molecule has 1 fully saturated rings. The van der Waals surface area contributed by atoms with E-state index in [0.717, 1.165) is 22.9 Å². The van der Waals surface area contributed by atoms with E-state index in [0.29, 0.717) is 61.1 Å². The highest BCUT2D eigenvalue weighted by Crippen LogP contribution is 2.26. The molecule has 44 heavy (non-hydrogen) atoms. The monoisotopic (exact) mass is 597 g/mol. The van der Waals surface area contributed by atoms with Gasteiger partial charge in [0.2, 0.25) is 5.88 Å². The standard InChI is InChI=1S/C33H29F2N5O4/c1-2-39(18-31-37-29-14-27(35)25(33(41)42)13-30(29)40(31)17-24-9-10-43-24)16-21-4-5-22-7-8-32(38-28(22)12-21)44-19-23-6-3-20(15-36)11-26(23)34/h3-8,11-14,24H,2,9-10,16-19H2,1H3,(H,41,42)/t24-/m0/s1. The number of nitrogens with zero attached hydrogens (tertiary/aromatic N) is 5. The number of aromatic carboxylic acids is 1. The smallest absolute Gasteiger partial charge is 0.338 e. The summed E-state index contributed by atoms with van der Waals surface area (Å²) in [5.74, 6) is -1.60. The number of halogens is 2. The second-order valence-electron chi connectivity index (χ2n) is 10.7. The van der Waals surface area contributed by atoms with Crippen LogP contribution < -0.4 is 4.74 Å². The Morgan fingerprint density at radius 3 is 2.61 bits per heavy atom. The zero-order valence-corrected chi connectivity index (χ0v) is 24.0. The van der Waals surface area contributed by atoms with Crippen LogP contribution in [0.15, 0.2) is 60.7 Å². The van der Waals surface area contributed by atoms with E-state index in [2.05, 4.69) is 9.88 Å². The normalized spacial score (nSPS) is 14.6. The first-order valence-corrected chi connectivity index (χ1v) is 14.3. The number of nitriles is 1. The Morgan fingerprint density at radius 2 is 1.91 bits per heavy atom. The predicted molar refractivity (Wildman–Crippen MR) is 158 cm³/mol. The number of fused-ring (bicyclic) bond motifs is 2. The number of carbonyl (C=O) groups is 1. The van der Waals surface area contributed by atoms with Crippen LogP contribution in [0.25, 0.3) is 21.9 Å². The molecule has 224 valence electrons. The lowest BCUT2D eigenvalue weighted by Crippen LogP contribution is -2.32. The molecular weight excluding hydrogens is 568 g/mol. The van der Waals surface area contributed by atoms with Gasteiger partial charge in [0, 0.05) is 36.2 Å². The molecule has 3 heterocycles. The number of pyridine rings is 1. The lowest BCUT2D eigenvalue weighted by atomic mass is 10.1. The van der Waals surface area contributed by atoms with Crippen molar-refractivity contribution >= 4 is 27.9 Å². The molecule has 2 aromatic heterocycles. The Labute approximate surface area is 251 Å². The fourth-order valence-electron chi connectivity index (χ4n) is 5.26. The van der Waals surface area contributed by atoms with Gasteiger partial charge in [-0.15, -0.1) is 0 Å². The van der Waals surface area contributed by atoms with Gasteiger partial charge in [-0.1, -0.05) is 25.1 Å². The van der Waals surface area contributed by atoms with E-state index in [4.69, 9.17) is 19.7 Å². The van der Waals surface area contributed by atoms with Gasteiger partial charge in [0.25, 0.3) is 0 Å². The molecule has 1 aliphatic rings. The summed E-state index contributed by atoms with van der Waals surface area (Å²) in [6.07, 6.45) is 0.887. The Bertz CT molecular complexity index is 1910. The Hall–Kier alpha value is -4.92. The molecule has 1 aliphatic heterocycles. The zero-order chi connectivity index (χ0) is 30.8. The van der Waals surface area contributed by atoms with Crippen molar-refractivity contribution in [3.63, 3.8) is 0 Å². The van der Waals surface area contributed by atoms with Gasteiger partial charge in [-0.3, -0.25) is 4.90 Å². The predicted octanol–water partition coefficient (Wildman–Crippen LogP) is 5.82. The van der Waals surface area contributed by atoms with Crippen molar-refractivity contribution in [3.05, 3.63) is 100 Å². The van der Waals surface area contributed by atoms with E-state index in [1.807, 2.05) is 41.8 Å². The van der Waals surface area contributed by atoms with E-state index >= 15 is 0 Å². The van der Waals surface area contributed by atoms with Crippen molar-refractivity contribution in [2.75, 3.05) is 13.2 Å². The maximum absolute atomic E-state index is 14.5. The minimum atomic E-state index is -1.33. The summed E-state index contributed by atoms with van der Waals surface area (Å²) in [4.78, 5) is 23.1. The summed E-state index contributed by atoms with van der Waals surface area (Å²) >= 11 is 0. The third-order valence-electron chi connectivity index (χ3n) is 7.83. The van der Waals surface area contributed by atoms with Crippen LogP contribution in [-0.4, -0.2) is 49.8 Å². The average molecular weight is 598 g/mol. The van der Waals surface area contributed by atoms with Crippen molar-refractivity contribution in [1.29, 1.82) is 5.26 Å². The lowest BCUT2D eigenvalue weighted by Gasteiger charge is -2.28. The third-order valence-corrected chi connectivity index (χ3v) is 7.83. The van der Waals surface area contributed by atoms with E-state index in [1.165, 1.54) is 24.3 Å². The minimum absolute atomic E-state index is 0.00376. The van der Waals surface area contributed by atoms with Crippen LogP contribution in [0.3, 0.4) is 0 Å². The third kappa shape index (κ3) is 6.08. The molecule has 0 aliphatic carbocycles. The number of aromatic nitrogens is 3. The molecule has 9 nitrogen and oxygen atoms in total. The van der Waals surface area contributed by atoms with Crippen molar-refractivity contribution in [1.82, 2.24) is 19.4 Å². The molecule has 0 radical (unpaired) electrons. The first-order chi connectivity index (χ1) is 21.3. The van der Waals surface area contributed by atoms with Gasteiger partial charge in [-0.25, -0.2) is 23.5 Å². The Kier molecular flexibility index (Phi) is 8.19. The van der Waals surface area contributed by atoms with Gasteiger partial charge in [-0.05, 0) is 48.9 Å². The summed E-state index contributed by atoms with van der Waals surface area (Å²) in [7, 11) is 0. The fraction of sp³-hybridized carbons (Fsp3) is 0.273. The number of ether oxygens (including phenoxy) is 2. The summed E-state index contributed by atoms with van der Waals surface area (Å²) < 4.78 is 42.1. The number of hydrogen-bond acceptors (Lipinski definition) is 7. The van der Waals surface area contributed by atoms with Crippen molar-refractivity contribution in [2.24, 2.45) is 0 Å². The first-order valence-electron chi connectivity index (χ1n) is 14.3. The van der Waals surface area contributed by atoms with Gasteiger partial charge in [0.15, 0.2) is 0 Å². The fourth-order valence-corrected chi connectivity index (χ4v) is 5.26. The van der Waals surface area contributed by atoms with Crippen molar-refractivity contribution < 1.29 is 28.2 Å². The largest absolute Gasteiger partial charge is 0.478 e. The van der Waals surface area contributed by atoms with Crippen molar-refractivity contribution in [2.45, 2.75) is 45.7 Å². The van der Waals surface area contributed by atoms with Gasteiger partial charge in [0.05, 0.1) is 52.9 Å². The first kappa shape index (κ1) is 29.2. The highest BCUT2D eigenvalue weighted by molar-refractivity contribution is 5.93. The molecular formula is C33H29F2N5O4. The highest BCUT2D eigenvalue weighted by Gasteiger charge is 2.24. The van der Waals surface area contributed by atoms with E-state index < -0.39 is 17.6 Å². The molecule has 11 heteroatoms. The van der Waals surface area contributed by atoms with Crippen LogP contribution in [0.4, 0.5) is 8.78 Å². The maximum atomic E-state index is 14.5. The second kappa shape index (κ2) is 12.4. The molecule has 0 spiro atoms. The molecule has 1 atom stereocenters. The quantitative estimate of drug-likeness (QED) is 0.203. The van der Waals surface area contributed by atoms with Gasteiger partial charge >= 0.3 is 5.97 Å². The maximum Gasteiger partial charge on any atom is 0.338 e. The molecule has 0 saturated carbocycles. The molecule has 0 unspecified atom stereocenters. The number of imidazole rings is 1. The molecule has 1 saturated heterocycles. The topological polar surface area (TPSA) is 114 Å². The molecule has 0 amide bonds. The molecule has 3 aromatic carbocycles. The van der Waals surface area contributed by atoms with Crippen LogP contribution >= 0.6 is 0 Å². The van der Waals surface area contributed by atoms with Gasteiger partial charge in [-0.2, -0.15) is 5.26 Å². The van der Waals surface area contributed by atoms with Crippen LogP contribution in [0.5, 0.6) is 5.88 Å². The molecule has 5 aromatic rings. The van der Waals surface area contributed by atoms with Crippen LogP contribution in [0.2, 0.25) is 0 Å². The van der Waals surface area contributed by atoms with E-state index in [-0.39, 0.29) is 23.8 Å². The molecule has 1 N–H and O–H groups in total. The summed E-state index contributed by atoms with van der Waals surface area (Å²) in [6.45, 7) is 4.92. The zero-order valence-electron chi connectivity index (χ0n) is 24.0. The summed E-state index contributed by atoms with van der Waals surface area (Å²) in [6, 6.07) is 18.3. The molecule has 6 rings (SSSR count). The van der Waals surface area contributed by atoms with Crippen LogP contribution in [-0.2, 0) is 31.0 Å². The van der Waals surface area contributed by atoms with E-state index in [1.54, 1.807) is 12.1 Å². The Morgan fingerprint density at radius 1 is 1.09 bits per heavy atom. The summed E-state index contributed by atoms with van der Waals surface area (Å²) in [5, 5.41) is 19.3. The van der Waals surface area contributed by atoms with Crippen LogP contribution in [0, 0.1) is 23.0 Å². The number of rotatable bonds is 11. The van der Waals surface area contributed by atoms with Crippen LogP contribution in [0.1, 0.15) is 46.2 Å². The summed E-state index contributed by atoms with van der Waals surface area (Å²) in [5.41, 5.74) is 2.88. The number of hydrogen-bond donors (Lipinski definition) is 1. The Balaban J connectivity index is 1.22. The SMILES string of the molecule is CCN(Cc1ccc2ccc(OCc3ccc(C#N)cc3F)nc2c1)Cc1nc2cc(F)c(C(=O)O)cc2n1C[C@@H]1CCO1. The minimum Gasteiger partial charge on any atom is -0.478 e. The van der Waals surface area contributed by atoms with Crippen molar-refractivity contribution in [3.8, 4) is 11.9 Å². The highest BCUT2D eigenvalue weighted by atomic mass is 19.1. The number of carboxylic acid groups (broad SMARTS) is 1.